The Morgan fingerprint density at radius 2 is 1.85 bits per heavy atom. The summed E-state index contributed by atoms with van der Waals surface area (Å²) in [6, 6.07) is 14.0. The zero-order valence-electron chi connectivity index (χ0n) is 15.5. The first-order valence-electron chi connectivity index (χ1n) is 9.50. The molecule has 2 aromatic carbocycles. The van der Waals surface area contributed by atoms with Crippen LogP contribution in [0.15, 0.2) is 49.0 Å². The van der Waals surface area contributed by atoms with Crippen LogP contribution in [0.3, 0.4) is 0 Å². The second-order valence-electron chi connectivity index (χ2n) is 7.13. The fourth-order valence-corrected chi connectivity index (χ4v) is 4.28. The molecule has 0 spiro atoms. The Bertz CT molecular complexity index is 873. The van der Waals surface area contributed by atoms with Crippen molar-refractivity contribution >= 4 is 40.1 Å². The summed E-state index contributed by atoms with van der Waals surface area (Å²) in [4.78, 5) is 17.0. The molecule has 140 valence electrons. The van der Waals surface area contributed by atoms with E-state index in [1.807, 2.05) is 42.5 Å². The molecule has 0 unspecified atom stereocenters. The average molecular weight is 382 g/mol. The predicted molar refractivity (Wildman–Crippen MR) is 113 cm³/mol. The van der Waals surface area contributed by atoms with E-state index in [1.54, 1.807) is 4.90 Å². The lowest BCUT2D eigenvalue weighted by Gasteiger charge is -2.32. The molecule has 2 aromatic rings. The lowest BCUT2D eigenvalue weighted by Crippen LogP contribution is -2.38. The van der Waals surface area contributed by atoms with E-state index in [2.05, 4.69) is 23.7 Å². The fourth-order valence-electron chi connectivity index (χ4n) is 3.95. The molecule has 2 aliphatic heterocycles. The van der Waals surface area contributed by atoms with Gasteiger partial charge in [0.1, 0.15) is 0 Å². The van der Waals surface area contributed by atoms with Gasteiger partial charge in [-0.2, -0.15) is 0 Å². The van der Waals surface area contributed by atoms with Gasteiger partial charge < -0.3 is 10.2 Å². The molecule has 1 N–H and O–H groups in total. The van der Waals surface area contributed by atoms with Gasteiger partial charge in [0.25, 0.3) is 5.91 Å². The highest BCUT2D eigenvalue weighted by molar-refractivity contribution is 6.42. The Kier molecular flexibility index (Phi) is 4.94. The number of benzene rings is 2. The largest absolute Gasteiger partial charge is 0.381 e. The minimum absolute atomic E-state index is 0.119. The maximum Gasteiger partial charge on any atom is 0.262 e. The predicted octanol–water partition coefficient (Wildman–Crippen LogP) is 4.93. The van der Waals surface area contributed by atoms with Crippen LogP contribution in [0.5, 0.6) is 0 Å². The van der Waals surface area contributed by atoms with Crippen LogP contribution in [-0.2, 0) is 4.79 Å². The summed E-state index contributed by atoms with van der Waals surface area (Å²) in [6.45, 7) is 9.52. The lowest BCUT2D eigenvalue weighted by atomic mass is 10.0. The molecular weight excluding hydrogens is 358 g/mol. The summed E-state index contributed by atoms with van der Waals surface area (Å²) in [5.74, 6) is -0.119. The molecule has 5 heteroatoms. The van der Waals surface area contributed by atoms with E-state index in [-0.39, 0.29) is 5.91 Å². The number of likely N-dealkylation sites (tertiary alicyclic amines) is 1. The summed E-state index contributed by atoms with van der Waals surface area (Å²) in [5.41, 5.74) is 3.69. The van der Waals surface area contributed by atoms with Crippen molar-refractivity contribution in [1.82, 2.24) is 4.90 Å². The number of nitrogens with zero attached hydrogens (tertiary/aromatic N) is 2. The Morgan fingerprint density at radius 3 is 2.52 bits per heavy atom. The third kappa shape index (κ3) is 3.24. The first kappa shape index (κ1) is 18.1. The average Bonchev–Trinajstić information content (AvgIpc) is 2.96. The molecule has 1 saturated heterocycles. The fraction of sp³-hybridized carbons (Fsp3) is 0.318. The summed E-state index contributed by atoms with van der Waals surface area (Å²) in [7, 11) is 0. The number of anilines is 3. The van der Waals surface area contributed by atoms with Crippen molar-refractivity contribution in [3.8, 4) is 0 Å². The highest BCUT2D eigenvalue weighted by Gasteiger charge is 2.35. The molecule has 1 fully saturated rings. The molecule has 2 heterocycles. The quantitative estimate of drug-likeness (QED) is 0.763. The van der Waals surface area contributed by atoms with Crippen LogP contribution in [0.25, 0.3) is 5.57 Å². The van der Waals surface area contributed by atoms with Gasteiger partial charge in [-0.05, 0) is 43.7 Å². The van der Waals surface area contributed by atoms with Gasteiger partial charge in [-0.3, -0.25) is 9.69 Å². The van der Waals surface area contributed by atoms with Crippen LogP contribution in [0.1, 0.15) is 25.3 Å². The molecule has 0 saturated carbocycles. The molecule has 0 atom stereocenters. The van der Waals surface area contributed by atoms with E-state index >= 15 is 0 Å². The van der Waals surface area contributed by atoms with Crippen molar-refractivity contribution in [3.05, 3.63) is 59.6 Å². The Hall–Kier alpha value is -2.30. The summed E-state index contributed by atoms with van der Waals surface area (Å²) < 4.78 is 0. The van der Waals surface area contributed by atoms with Crippen LogP contribution in [-0.4, -0.2) is 36.5 Å². The van der Waals surface area contributed by atoms with Crippen molar-refractivity contribution in [2.75, 3.05) is 29.9 Å². The SMILES string of the molecule is C=C1C(=O)N(c2ccccc2)c2ccc(NC3CCN(CC)CC3)c(Cl)c21. The van der Waals surface area contributed by atoms with Gasteiger partial charge in [-0.1, -0.05) is 43.3 Å². The van der Waals surface area contributed by atoms with Crippen molar-refractivity contribution in [1.29, 1.82) is 0 Å². The number of carbonyl (C=O) groups is 1. The summed E-state index contributed by atoms with van der Waals surface area (Å²) >= 11 is 6.73. The normalized spacial score (nSPS) is 18.1. The number of para-hydroxylation sites is 1. The van der Waals surface area contributed by atoms with Gasteiger partial charge in [0, 0.05) is 36.0 Å². The Labute approximate surface area is 165 Å². The summed E-state index contributed by atoms with van der Waals surface area (Å²) in [5, 5.41) is 4.17. The number of nitrogens with one attached hydrogen (secondary N) is 1. The van der Waals surface area contributed by atoms with E-state index < -0.39 is 0 Å². The second-order valence-corrected chi connectivity index (χ2v) is 7.51. The van der Waals surface area contributed by atoms with E-state index in [1.165, 1.54) is 0 Å². The first-order chi connectivity index (χ1) is 13.1. The number of rotatable bonds is 4. The Morgan fingerprint density at radius 1 is 1.15 bits per heavy atom. The topological polar surface area (TPSA) is 35.6 Å². The Balaban J connectivity index is 1.62. The van der Waals surface area contributed by atoms with Crippen molar-refractivity contribution in [2.45, 2.75) is 25.8 Å². The number of amides is 1. The molecule has 1 amide bonds. The van der Waals surface area contributed by atoms with E-state index in [0.29, 0.717) is 16.6 Å². The molecule has 4 rings (SSSR count). The highest BCUT2D eigenvalue weighted by Crippen LogP contribution is 2.46. The van der Waals surface area contributed by atoms with Crippen LogP contribution in [0, 0.1) is 0 Å². The van der Waals surface area contributed by atoms with E-state index in [4.69, 9.17) is 11.6 Å². The number of halogens is 1. The summed E-state index contributed by atoms with van der Waals surface area (Å²) in [6.07, 6.45) is 2.19. The standard InChI is InChI=1S/C22H24ClN3O/c1-3-25-13-11-16(12-14-25)24-18-9-10-19-20(21(18)23)15(2)22(27)26(19)17-7-5-4-6-8-17/h4-10,16,24H,2-3,11-14H2,1H3. The number of piperidine rings is 1. The zero-order chi connectivity index (χ0) is 19.0. The molecule has 0 bridgehead atoms. The first-order valence-corrected chi connectivity index (χ1v) is 9.88. The van der Waals surface area contributed by atoms with Gasteiger partial charge in [0.2, 0.25) is 0 Å². The smallest absolute Gasteiger partial charge is 0.262 e. The number of hydrogen-bond donors (Lipinski definition) is 1. The minimum Gasteiger partial charge on any atom is -0.381 e. The van der Waals surface area contributed by atoms with Gasteiger partial charge >= 0.3 is 0 Å². The molecular formula is C22H24ClN3O. The highest BCUT2D eigenvalue weighted by atomic mass is 35.5. The third-order valence-corrected chi connectivity index (χ3v) is 5.93. The molecule has 2 aliphatic rings. The van der Waals surface area contributed by atoms with Gasteiger partial charge in [-0.15, -0.1) is 0 Å². The molecule has 0 aliphatic carbocycles. The van der Waals surface area contributed by atoms with E-state index in [0.717, 1.165) is 55.1 Å². The second kappa shape index (κ2) is 7.37. The third-order valence-electron chi connectivity index (χ3n) is 5.53. The molecule has 0 aromatic heterocycles. The minimum atomic E-state index is -0.119. The van der Waals surface area contributed by atoms with Crippen LogP contribution in [0.4, 0.5) is 17.1 Å². The van der Waals surface area contributed by atoms with Crippen LogP contribution in [0.2, 0.25) is 5.02 Å². The molecule has 4 nitrogen and oxygen atoms in total. The van der Waals surface area contributed by atoms with Crippen LogP contribution < -0.4 is 10.2 Å². The maximum absolute atomic E-state index is 12.8. The van der Waals surface area contributed by atoms with Crippen molar-refractivity contribution in [3.63, 3.8) is 0 Å². The maximum atomic E-state index is 12.8. The number of carbonyl (C=O) groups excluding carboxylic acids is 1. The molecule has 27 heavy (non-hydrogen) atoms. The van der Waals surface area contributed by atoms with Gasteiger partial charge in [-0.25, -0.2) is 0 Å². The van der Waals surface area contributed by atoms with Crippen LogP contribution >= 0.6 is 11.6 Å². The molecule has 0 radical (unpaired) electrons. The lowest BCUT2D eigenvalue weighted by molar-refractivity contribution is -0.112. The number of fused-ring (bicyclic) bond motifs is 1. The monoisotopic (exact) mass is 381 g/mol. The zero-order valence-corrected chi connectivity index (χ0v) is 16.3. The van der Waals surface area contributed by atoms with Crippen molar-refractivity contribution < 1.29 is 4.79 Å². The van der Waals surface area contributed by atoms with Gasteiger partial charge in [0.15, 0.2) is 0 Å². The number of hydrogen-bond acceptors (Lipinski definition) is 3. The van der Waals surface area contributed by atoms with Crippen molar-refractivity contribution in [2.24, 2.45) is 0 Å². The van der Waals surface area contributed by atoms with Gasteiger partial charge in [0.05, 0.1) is 16.4 Å². The van der Waals surface area contributed by atoms with E-state index in [9.17, 15) is 4.79 Å².